The summed E-state index contributed by atoms with van der Waals surface area (Å²) in [6, 6.07) is 21.3. The molecule has 0 aliphatic heterocycles. The molecule has 9 heteroatoms. The second-order valence-electron chi connectivity index (χ2n) is 7.75. The van der Waals surface area contributed by atoms with Crippen LogP contribution < -0.4 is 15.7 Å². The summed E-state index contributed by atoms with van der Waals surface area (Å²) in [6.45, 7) is 0.360. The normalized spacial score (nSPS) is 10.9. The first-order valence-electron chi connectivity index (χ1n) is 10.9. The third kappa shape index (κ3) is 6.09. The lowest BCUT2D eigenvalue weighted by Crippen LogP contribution is -2.29. The van der Waals surface area contributed by atoms with E-state index in [0.717, 1.165) is 11.6 Å². The highest BCUT2D eigenvalue weighted by Crippen LogP contribution is 2.21. The maximum atomic E-state index is 12.5. The molecule has 0 unspecified atom stereocenters. The first-order chi connectivity index (χ1) is 17.4. The summed E-state index contributed by atoms with van der Waals surface area (Å²) >= 11 is 0. The van der Waals surface area contributed by atoms with Crippen molar-refractivity contribution in [2.75, 3.05) is 6.54 Å². The molecule has 0 saturated heterocycles. The third-order valence-electron chi connectivity index (χ3n) is 5.21. The van der Waals surface area contributed by atoms with Gasteiger partial charge in [-0.3, -0.25) is 14.9 Å². The van der Waals surface area contributed by atoms with Gasteiger partial charge in [-0.2, -0.15) is 0 Å². The minimum Gasteiger partial charge on any atom is -0.423 e. The lowest BCUT2D eigenvalue weighted by molar-refractivity contribution is -0.384. The van der Waals surface area contributed by atoms with E-state index in [-0.39, 0.29) is 22.6 Å². The average Bonchev–Trinajstić information content (AvgIpc) is 2.87. The Morgan fingerprint density at radius 3 is 2.58 bits per heavy atom. The molecule has 0 aliphatic carbocycles. The van der Waals surface area contributed by atoms with Crippen molar-refractivity contribution in [3.8, 4) is 5.75 Å². The molecule has 1 heterocycles. The van der Waals surface area contributed by atoms with Gasteiger partial charge in [-0.05, 0) is 41.8 Å². The predicted molar refractivity (Wildman–Crippen MR) is 133 cm³/mol. The number of non-ortho nitro benzene ring substituents is 1. The Morgan fingerprint density at radius 2 is 1.81 bits per heavy atom. The van der Waals surface area contributed by atoms with Crippen molar-refractivity contribution in [3.05, 3.63) is 122 Å². The van der Waals surface area contributed by atoms with E-state index in [1.54, 1.807) is 12.1 Å². The van der Waals surface area contributed by atoms with Gasteiger partial charge in [-0.1, -0.05) is 42.5 Å². The Balaban J connectivity index is 1.41. The Bertz CT molecular complexity index is 1520. The molecule has 0 bridgehead atoms. The van der Waals surface area contributed by atoms with Gasteiger partial charge in [0.1, 0.15) is 16.9 Å². The Labute approximate surface area is 204 Å². The number of nitrogens with one attached hydrogen (secondary N) is 1. The lowest BCUT2D eigenvalue weighted by Gasteiger charge is -2.06. The number of benzene rings is 3. The zero-order valence-corrected chi connectivity index (χ0v) is 18.9. The van der Waals surface area contributed by atoms with Gasteiger partial charge in [0, 0.05) is 36.2 Å². The number of amides is 1. The summed E-state index contributed by atoms with van der Waals surface area (Å²) in [6.07, 6.45) is 3.14. The van der Waals surface area contributed by atoms with Gasteiger partial charge in [0.25, 0.3) is 11.6 Å². The molecule has 1 N–H and O–H groups in total. The van der Waals surface area contributed by atoms with Gasteiger partial charge in [0.2, 0.25) is 0 Å². The van der Waals surface area contributed by atoms with E-state index in [4.69, 9.17) is 9.15 Å². The highest BCUT2D eigenvalue weighted by atomic mass is 16.6. The number of esters is 1. The van der Waals surface area contributed by atoms with Crippen LogP contribution >= 0.6 is 0 Å². The van der Waals surface area contributed by atoms with Crippen molar-refractivity contribution >= 4 is 34.6 Å². The van der Waals surface area contributed by atoms with E-state index in [1.807, 2.05) is 30.3 Å². The molecule has 0 radical (unpaired) electrons. The number of nitro groups is 1. The monoisotopic (exact) mass is 484 g/mol. The van der Waals surface area contributed by atoms with Crippen LogP contribution in [-0.4, -0.2) is 23.3 Å². The fourth-order valence-corrected chi connectivity index (χ4v) is 3.43. The van der Waals surface area contributed by atoms with E-state index in [1.165, 1.54) is 42.5 Å². The molecule has 0 saturated carbocycles. The molecule has 4 aromatic rings. The molecule has 0 spiro atoms. The summed E-state index contributed by atoms with van der Waals surface area (Å²) in [7, 11) is 0. The maximum Gasteiger partial charge on any atom is 0.349 e. The number of fused-ring (bicyclic) bond motifs is 1. The van der Waals surface area contributed by atoms with Crippen molar-refractivity contribution in [2.45, 2.75) is 6.42 Å². The number of hydrogen-bond donors (Lipinski definition) is 1. The molecule has 36 heavy (non-hydrogen) atoms. The van der Waals surface area contributed by atoms with E-state index in [2.05, 4.69) is 5.32 Å². The van der Waals surface area contributed by atoms with Crippen molar-refractivity contribution < 1.29 is 23.7 Å². The van der Waals surface area contributed by atoms with Crippen LogP contribution in [0.25, 0.3) is 17.0 Å². The highest BCUT2D eigenvalue weighted by molar-refractivity contribution is 5.97. The Morgan fingerprint density at radius 1 is 1.00 bits per heavy atom. The first-order valence-corrected chi connectivity index (χ1v) is 10.9. The van der Waals surface area contributed by atoms with Gasteiger partial charge >= 0.3 is 11.6 Å². The molecule has 1 aromatic heterocycles. The maximum absolute atomic E-state index is 12.5. The number of nitrogens with zero attached hydrogens (tertiary/aromatic N) is 1. The van der Waals surface area contributed by atoms with Crippen LogP contribution in [0.1, 0.15) is 21.5 Å². The average molecular weight is 484 g/mol. The van der Waals surface area contributed by atoms with Crippen LogP contribution in [0.15, 0.2) is 94.2 Å². The molecule has 4 rings (SSSR count). The fraction of sp³-hybridized carbons (Fsp3) is 0.0741. The number of nitro benzene ring substituents is 1. The number of carbonyl (C=O) groups is 2. The molecular formula is C27H20N2O7. The molecule has 1 amide bonds. The molecule has 0 aliphatic rings. The van der Waals surface area contributed by atoms with Crippen LogP contribution in [0.4, 0.5) is 5.69 Å². The Hall–Kier alpha value is -5.05. The summed E-state index contributed by atoms with van der Waals surface area (Å²) in [5, 5.41) is 14.1. The van der Waals surface area contributed by atoms with E-state index in [0.29, 0.717) is 23.9 Å². The molecule has 180 valence electrons. The standard InChI is InChI=1S/C27H20N2O7/c30-25(12-9-19-7-4-8-21(15-19)29(33)34)35-22-11-10-20-16-23(27(32)36-24(20)17-22)26(31)28-14-13-18-5-2-1-3-6-18/h1-12,15-17H,13-14H2,(H,28,31)/b12-9+. The number of ether oxygens (including phenoxy) is 1. The number of hydrogen-bond acceptors (Lipinski definition) is 7. The topological polar surface area (TPSA) is 129 Å². The summed E-state index contributed by atoms with van der Waals surface area (Å²) in [4.78, 5) is 47.4. The minimum atomic E-state index is -0.811. The second kappa shape index (κ2) is 10.9. The van der Waals surface area contributed by atoms with Crippen molar-refractivity contribution in [3.63, 3.8) is 0 Å². The van der Waals surface area contributed by atoms with Gasteiger partial charge in [0.15, 0.2) is 0 Å². The van der Waals surface area contributed by atoms with Gasteiger partial charge in [-0.25, -0.2) is 9.59 Å². The molecule has 0 fully saturated rings. The van der Waals surface area contributed by atoms with Gasteiger partial charge in [0.05, 0.1) is 4.92 Å². The zero-order chi connectivity index (χ0) is 25.5. The van der Waals surface area contributed by atoms with E-state index in [9.17, 15) is 24.5 Å². The first kappa shape index (κ1) is 24.1. The molecule has 3 aromatic carbocycles. The molecule has 9 nitrogen and oxygen atoms in total. The van der Waals surface area contributed by atoms with Crippen LogP contribution in [0.2, 0.25) is 0 Å². The smallest absolute Gasteiger partial charge is 0.349 e. The Kier molecular flexibility index (Phi) is 7.30. The quantitative estimate of drug-likeness (QED) is 0.0986. The second-order valence-corrected chi connectivity index (χ2v) is 7.75. The van der Waals surface area contributed by atoms with Crippen LogP contribution in [0, 0.1) is 10.1 Å². The summed E-state index contributed by atoms with van der Waals surface area (Å²) < 4.78 is 10.5. The number of carbonyl (C=O) groups excluding carboxylic acids is 2. The zero-order valence-electron chi connectivity index (χ0n) is 18.9. The van der Waals surface area contributed by atoms with Crippen LogP contribution in [0.3, 0.4) is 0 Å². The fourth-order valence-electron chi connectivity index (χ4n) is 3.43. The van der Waals surface area contributed by atoms with Crippen molar-refractivity contribution in [2.24, 2.45) is 0 Å². The van der Waals surface area contributed by atoms with E-state index < -0.39 is 22.4 Å². The largest absolute Gasteiger partial charge is 0.423 e. The van der Waals surface area contributed by atoms with Gasteiger partial charge < -0.3 is 14.5 Å². The van der Waals surface area contributed by atoms with Crippen LogP contribution in [-0.2, 0) is 11.2 Å². The minimum absolute atomic E-state index is 0.0979. The summed E-state index contributed by atoms with van der Waals surface area (Å²) in [5.74, 6) is -1.14. The SMILES string of the molecule is O=C(/C=C/c1cccc([N+](=O)[O-])c1)Oc1ccc2cc(C(=O)NCCc3ccccc3)c(=O)oc2c1. The lowest BCUT2D eigenvalue weighted by atomic mass is 10.1. The summed E-state index contributed by atoms with van der Waals surface area (Å²) in [5.41, 5.74) is 0.632. The molecular weight excluding hydrogens is 464 g/mol. The van der Waals surface area contributed by atoms with E-state index >= 15 is 0 Å². The van der Waals surface area contributed by atoms with Crippen molar-refractivity contribution in [1.82, 2.24) is 5.32 Å². The highest BCUT2D eigenvalue weighted by Gasteiger charge is 2.14. The van der Waals surface area contributed by atoms with Crippen molar-refractivity contribution in [1.29, 1.82) is 0 Å². The predicted octanol–water partition coefficient (Wildman–Crippen LogP) is 4.29. The molecule has 0 atom stereocenters. The third-order valence-corrected chi connectivity index (χ3v) is 5.21. The van der Waals surface area contributed by atoms with Crippen LogP contribution in [0.5, 0.6) is 5.75 Å². The number of rotatable bonds is 8. The van der Waals surface area contributed by atoms with Gasteiger partial charge in [-0.15, -0.1) is 0 Å².